The minimum Gasteiger partial charge on any atom is -0.314 e. The highest BCUT2D eigenvalue weighted by molar-refractivity contribution is 4.92. The topological polar surface area (TPSA) is 15.3 Å². The lowest BCUT2D eigenvalue weighted by Gasteiger charge is -2.48. The number of nitrogens with one attached hydrogen (secondary N) is 1. The molecule has 0 bridgehead atoms. The lowest BCUT2D eigenvalue weighted by atomic mass is 9.80. The molecule has 2 nitrogen and oxygen atoms in total. The van der Waals surface area contributed by atoms with Crippen LogP contribution in [0.4, 0.5) is 0 Å². The van der Waals surface area contributed by atoms with Crippen LogP contribution in [0.3, 0.4) is 0 Å². The summed E-state index contributed by atoms with van der Waals surface area (Å²) in [5.74, 6) is 1.78. The van der Waals surface area contributed by atoms with Gasteiger partial charge < -0.3 is 5.32 Å². The van der Waals surface area contributed by atoms with Gasteiger partial charge in [0.25, 0.3) is 0 Å². The predicted octanol–water partition coefficient (Wildman–Crippen LogP) is 3.66. The Morgan fingerprint density at radius 1 is 1.11 bits per heavy atom. The van der Waals surface area contributed by atoms with Crippen molar-refractivity contribution in [2.75, 3.05) is 13.1 Å². The second kappa shape index (κ2) is 7.08. The van der Waals surface area contributed by atoms with Gasteiger partial charge in [0.15, 0.2) is 0 Å². The molecule has 1 aliphatic carbocycles. The minimum absolute atomic E-state index is 0.738. The predicted molar refractivity (Wildman–Crippen MR) is 83.5 cm³/mol. The van der Waals surface area contributed by atoms with Crippen molar-refractivity contribution in [2.24, 2.45) is 11.8 Å². The molecule has 2 aliphatic rings. The van der Waals surface area contributed by atoms with Crippen molar-refractivity contribution in [3.05, 3.63) is 0 Å². The Labute approximate surface area is 120 Å². The van der Waals surface area contributed by atoms with Crippen molar-refractivity contribution < 1.29 is 0 Å². The van der Waals surface area contributed by atoms with Crippen molar-refractivity contribution in [1.82, 2.24) is 10.2 Å². The van der Waals surface area contributed by atoms with Gasteiger partial charge in [0.1, 0.15) is 0 Å². The monoisotopic (exact) mass is 266 g/mol. The maximum absolute atomic E-state index is 3.68. The third kappa shape index (κ3) is 3.52. The van der Waals surface area contributed by atoms with Gasteiger partial charge in [-0.3, -0.25) is 4.90 Å². The Bertz CT molecular complexity index is 266. The van der Waals surface area contributed by atoms with Crippen LogP contribution in [0.15, 0.2) is 0 Å². The third-order valence-corrected chi connectivity index (χ3v) is 5.88. The van der Waals surface area contributed by atoms with Crippen LogP contribution in [-0.2, 0) is 0 Å². The van der Waals surface area contributed by atoms with Gasteiger partial charge in [-0.1, -0.05) is 40.0 Å². The first-order valence-electron chi connectivity index (χ1n) is 8.66. The van der Waals surface area contributed by atoms with Gasteiger partial charge in [0.05, 0.1) is 0 Å². The fourth-order valence-corrected chi connectivity index (χ4v) is 4.39. The number of hydrogen-bond acceptors (Lipinski definition) is 2. The van der Waals surface area contributed by atoms with E-state index in [9.17, 15) is 0 Å². The summed E-state index contributed by atoms with van der Waals surface area (Å²) < 4.78 is 0. The fraction of sp³-hybridized carbons (Fsp3) is 1.00. The van der Waals surface area contributed by atoms with Gasteiger partial charge in [0, 0.05) is 24.7 Å². The lowest BCUT2D eigenvalue weighted by molar-refractivity contribution is 0.0225. The molecule has 0 radical (unpaired) electrons. The van der Waals surface area contributed by atoms with E-state index < -0.39 is 0 Å². The summed E-state index contributed by atoms with van der Waals surface area (Å²) in [6.45, 7) is 11.9. The fourth-order valence-electron chi connectivity index (χ4n) is 4.39. The molecular formula is C17H34N2. The number of nitrogens with zero attached hydrogens (tertiary/aromatic N) is 1. The largest absolute Gasteiger partial charge is 0.314 e. The highest BCUT2D eigenvalue weighted by Crippen LogP contribution is 2.34. The quantitative estimate of drug-likeness (QED) is 0.835. The Balaban J connectivity index is 1.94. The summed E-state index contributed by atoms with van der Waals surface area (Å²) in [6, 6.07) is 2.36. The molecule has 1 saturated carbocycles. The standard InChI is InChI=1S/C17H34N2/c1-5-15-8-7-9-16(12-15)19-11-10-17(18-6-2)13(3)14(19)4/h13-18H,5-12H2,1-4H3. The summed E-state index contributed by atoms with van der Waals surface area (Å²) in [5, 5.41) is 3.68. The highest BCUT2D eigenvalue weighted by Gasteiger charge is 2.36. The molecule has 2 fully saturated rings. The van der Waals surface area contributed by atoms with E-state index in [1.807, 2.05) is 0 Å². The van der Waals surface area contributed by atoms with Crippen LogP contribution in [-0.4, -0.2) is 36.1 Å². The Morgan fingerprint density at radius 2 is 1.89 bits per heavy atom. The molecule has 1 aliphatic heterocycles. The van der Waals surface area contributed by atoms with Gasteiger partial charge in [-0.05, 0) is 44.6 Å². The van der Waals surface area contributed by atoms with E-state index in [-0.39, 0.29) is 0 Å². The number of rotatable bonds is 4. The first kappa shape index (κ1) is 15.3. The van der Waals surface area contributed by atoms with Gasteiger partial charge in [-0.25, -0.2) is 0 Å². The van der Waals surface area contributed by atoms with Gasteiger partial charge in [0.2, 0.25) is 0 Å². The first-order valence-corrected chi connectivity index (χ1v) is 8.66. The first-order chi connectivity index (χ1) is 9.17. The van der Waals surface area contributed by atoms with E-state index in [2.05, 4.69) is 37.9 Å². The molecule has 5 atom stereocenters. The molecule has 112 valence electrons. The van der Waals surface area contributed by atoms with Crippen LogP contribution in [0.25, 0.3) is 0 Å². The van der Waals surface area contributed by atoms with Crippen LogP contribution in [0, 0.1) is 11.8 Å². The van der Waals surface area contributed by atoms with E-state index in [1.165, 1.54) is 45.1 Å². The molecule has 0 aromatic heterocycles. The summed E-state index contributed by atoms with van der Waals surface area (Å²) >= 11 is 0. The zero-order valence-electron chi connectivity index (χ0n) is 13.5. The van der Waals surface area contributed by atoms with Crippen LogP contribution in [0.2, 0.25) is 0 Å². The number of piperidine rings is 1. The van der Waals surface area contributed by atoms with Gasteiger partial charge >= 0.3 is 0 Å². The summed E-state index contributed by atoms with van der Waals surface area (Å²) in [7, 11) is 0. The number of likely N-dealkylation sites (tertiary alicyclic amines) is 1. The highest BCUT2D eigenvalue weighted by atomic mass is 15.2. The second-order valence-corrected chi connectivity index (χ2v) is 6.89. The van der Waals surface area contributed by atoms with Crippen molar-refractivity contribution >= 4 is 0 Å². The van der Waals surface area contributed by atoms with E-state index in [0.29, 0.717) is 0 Å². The van der Waals surface area contributed by atoms with Crippen LogP contribution < -0.4 is 5.32 Å². The average Bonchev–Trinajstić information content (AvgIpc) is 2.44. The minimum atomic E-state index is 0.738. The molecule has 5 unspecified atom stereocenters. The summed E-state index contributed by atoms with van der Waals surface area (Å²) in [4.78, 5) is 2.85. The Morgan fingerprint density at radius 3 is 2.58 bits per heavy atom. The number of hydrogen-bond donors (Lipinski definition) is 1. The summed E-state index contributed by atoms with van der Waals surface area (Å²) in [5.41, 5.74) is 0. The van der Waals surface area contributed by atoms with E-state index in [0.717, 1.165) is 36.5 Å². The smallest absolute Gasteiger partial charge is 0.0120 e. The van der Waals surface area contributed by atoms with E-state index >= 15 is 0 Å². The normalized spacial score (nSPS) is 41.4. The Kier molecular flexibility index (Phi) is 5.70. The molecule has 1 N–H and O–H groups in total. The SMILES string of the molecule is CCNC1CCN(C2CCCC(CC)C2)C(C)C1C. The van der Waals surface area contributed by atoms with Crippen LogP contribution in [0.1, 0.15) is 66.2 Å². The van der Waals surface area contributed by atoms with Crippen molar-refractivity contribution in [1.29, 1.82) is 0 Å². The molecule has 1 heterocycles. The van der Waals surface area contributed by atoms with Crippen molar-refractivity contribution in [3.8, 4) is 0 Å². The molecular weight excluding hydrogens is 232 g/mol. The molecule has 2 rings (SSSR count). The van der Waals surface area contributed by atoms with E-state index in [1.54, 1.807) is 0 Å². The van der Waals surface area contributed by atoms with Gasteiger partial charge in [-0.15, -0.1) is 0 Å². The zero-order chi connectivity index (χ0) is 13.8. The third-order valence-electron chi connectivity index (χ3n) is 5.88. The lowest BCUT2D eigenvalue weighted by Crippen LogP contribution is -2.57. The zero-order valence-corrected chi connectivity index (χ0v) is 13.5. The second-order valence-electron chi connectivity index (χ2n) is 6.89. The van der Waals surface area contributed by atoms with Crippen molar-refractivity contribution in [2.45, 2.75) is 84.3 Å². The van der Waals surface area contributed by atoms with Crippen LogP contribution in [0.5, 0.6) is 0 Å². The van der Waals surface area contributed by atoms with Crippen LogP contribution >= 0.6 is 0 Å². The summed E-state index contributed by atoms with van der Waals surface area (Å²) in [6.07, 6.45) is 8.56. The molecule has 0 aromatic carbocycles. The Hall–Kier alpha value is -0.0800. The average molecular weight is 266 g/mol. The molecule has 2 heteroatoms. The molecule has 1 saturated heterocycles. The molecule has 0 aromatic rings. The maximum Gasteiger partial charge on any atom is 0.0120 e. The molecule has 19 heavy (non-hydrogen) atoms. The molecule has 0 spiro atoms. The molecule has 0 amide bonds. The van der Waals surface area contributed by atoms with Gasteiger partial charge in [-0.2, -0.15) is 0 Å². The van der Waals surface area contributed by atoms with E-state index in [4.69, 9.17) is 0 Å². The maximum atomic E-state index is 3.68. The van der Waals surface area contributed by atoms with Crippen molar-refractivity contribution in [3.63, 3.8) is 0 Å².